The van der Waals surface area contributed by atoms with Crippen LogP contribution in [0.3, 0.4) is 0 Å². The SMILES string of the molecule is Br.C=CCn1c(-c2ccc(Cl)cc2)csc1=Nc1ccccc1OC. The predicted octanol–water partition coefficient (Wildman–Crippen LogP) is 5.87. The number of halogens is 2. The molecule has 0 bridgehead atoms. The molecule has 1 heterocycles. The lowest BCUT2D eigenvalue weighted by Crippen LogP contribution is -2.14. The molecule has 0 fully saturated rings. The second-order valence-corrected chi connectivity index (χ2v) is 6.37. The normalized spacial score (nSPS) is 11.0. The molecule has 0 N–H and O–H groups in total. The van der Waals surface area contributed by atoms with E-state index in [2.05, 4.69) is 16.5 Å². The van der Waals surface area contributed by atoms with Crippen LogP contribution >= 0.6 is 39.9 Å². The van der Waals surface area contributed by atoms with Crippen molar-refractivity contribution < 1.29 is 4.74 Å². The number of thiazole rings is 1. The minimum absolute atomic E-state index is 0. The molecule has 2 aromatic carbocycles. The molecule has 3 nitrogen and oxygen atoms in total. The van der Waals surface area contributed by atoms with Gasteiger partial charge in [0.1, 0.15) is 11.4 Å². The highest BCUT2D eigenvalue weighted by atomic mass is 79.9. The Balaban J connectivity index is 0.00000225. The summed E-state index contributed by atoms with van der Waals surface area (Å²) < 4.78 is 7.52. The van der Waals surface area contributed by atoms with E-state index in [1.807, 2.05) is 54.6 Å². The lowest BCUT2D eigenvalue weighted by Gasteiger charge is -2.07. The molecule has 6 heteroatoms. The number of rotatable bonds is 5. The molecule has 0 saturated heterocycles. The molecule has 0 atom stereocenters. The van der Waals surface area contributed by atoms with Gasteiger partial charge in [-0.1, -0.05) is 41.9 Å². The largest absolute Gasteiger partial charge is 0.494 e. The van der Waals surface area contributed by atoms with Crippen molar-refractivity contribution in [3.05, 3.63) is 76.4 Å². The fourth-order valence-electron chi connectivity index (χ4n) is 2.40. The summed E-state index contributed by atoms with van der Waals surface area (Å²) in [5.74, 6) is 0.754. The molecule has 3 aromatic rings. The minimum atomic E-state index is 0. The number of ether oxygens (including phenoxy) is 1. The quantitative estimate of drug-likeness (QED) is 0.458. The number of benzene rings is 2. The van der Waals surface area contributed by atoms with E-state index in [9.17, 15) is 0 Å². The van der Waals surface area contributed by atoms with E-state index in [4.69, 9.17) is 21.3 Å². The molecule has 0 radical (unpaired) electrons. The van der Waals surface area contributed by atoms with Crippen LogP contribution in [0.25, 0.3) is 11.3 Å². The van der Waals surface area contributed by atoms with Gasteiger partial charge in [0, 0.05) is 16.9 Å². The van der Waals surface area contributed by atoms with Crippen LogP contribution in [0.4, 0.5) is 5.69 Å². The third-order valence-electron chi connectivity index (χ3n) is 3.55. The van der Waals surface area contributed by atoms with Crippen LogP contribution in [0.5, 0.6) is 5.75 Å². The van der Waals surface area contributed by atoms with Crippen molar-refractivity contribution in [2.45, 2.75) is 6.54 Å². The second-order valence-electron chi connectivity index (χ2n) is 5.09. The Morgan fingerprint density at radius 2 is 1.92 bits per heavy atom. The van der Waals surface area contributed by atoms with Gasteiger partial charge in [-0.2, -0.15) is 0 Å². The zero-order chi connectivity index (χ0) is 16.9. The van der Waals surface area contributed by atoms with Gasteiger partial charge < -0.3 is 9.30 Å². The average molecular weight is 438 g/mol. The molecule has 0 aliphatic heterocycles. The Morgan fingerprint density at radius 1 is 1.20 bits per heavy atom. The summed E-state index contributed by atoms with van der Waals surface area (Å²) in [6.07, 6.45) is 1.87. The van der Waals surface area contributed by atoms with Gasteiger partial charge in [0.15, 0.2) is 4.80 Å². The van der Waals surface area contributed by atoms with E-state index in [0.717, 1.165) is 32.5 Å². The molecule has 0 aliphatic rings. The van der Waals surface area contributed by atoms with Gasteiger partial charge in [0.25, 0.3) is 0 Å². The van der Waals surface area contributed by atoms with Crippen molar-refractivity contribution in [3.8, 4) is 17.0 Å². The van der Waals surface area contributed by atoms with Gasteiger partial charge in [-0.25, -0.2) is 4.99 Å². The molecular weight excluding hydrogens is 420 g/mol. The van der Waals surface area contributed by atoms with E-state index in [-0.39, 0.29) is 17.0 Å². The molecule has 0 saturated carbocycles. The van der Waals surface area contributed by atoms with E-state index in [1.165, 1.54) is 0 Å². The molecule has 25 heavy (non-hydrogen) atoms. The van der Waals surface area contributed by atoms with Crippen molar-refractivity contribution in [1.29, 1.82) is 0 Å². The van der Waals surface area contributed by atoms with Gasteiger partial charge in [-0.3, -0.25) is 0 Å². The summed E-state index contributed by atoms with van der Waals surface area (Å²) in [6.45, 7) is 4.54. The first-order valence-electron chi connectivity index (χ1n) is 7.46. The van der Waals surface area contributed by atoms with Crippen LogP contribution in [0, 0.1) is 0 Å². The molecule has 0 aliphatic carbocycles. The van der Waals surface area contributed by atoms with Gasteiger partial charge >= 0.3 is 0 Å². The van der Waals surface area contributed by atoms with Crippen molar-refractivity contribution >= 4 is 45.6 Å². The van der Waals surface area contributed by atoms with Crippen molar-refractivity contribution in [2.75, 3.05) is 7.11 Å². The Labute approximate surface area is 166 Å². The van der Waals surface area contributed by atoms with Crippen LogP contribution in [-0.4, -0.2) is 11.7 Å². The Hall–Kier alpha value is -1.82. The summed E-state index contributed by atoms with van der Waals surface area (Å²) in [7, 11) is 1.65. The van der Waals surface area contributed by atoms with Crippen molar-refractivity contribution in [1.82, 2.24) is 4.57 Å². The van der Waals surface area contributed by atoms with Crippen LogP contribution in [0.15, 0.2) is 71.6 Å². The Kier molecular flexibility index (Phi) is 7.05. The van der Waals surface area contributed by atoms with Gasteiger partial charge in [-0.05, 0) is 29.8 Å². The van der Waals surface area contributed by atoms with E-state index >= 15 is 0 Å². The summed E-state index contributed by atoms with van der Waals surface area (Å²) in [4.78, 5) is 5.67. The van der Waals surface area contributed by atoms with Gasteiger partial charge in [-0.15, -0.1) is 34.9 Å². The number of aromatic nitrogens is 1. The number of para-hydroxylation sites is 2. The summed E-state index contributed by atoms with van der Waals surface area (Å²) in [6, 6.07) is 15.5. The lowest BCUT2D eigenvalue weighted by atomic mass is 10.2. The molecule has 1 aromatic heterocycles. The first kappa shape index (κ1) is 19.5. The molecule has 0 amide bonds. The summed E-state index contributed by atoms with van der Waals surface area (Å²) >= 11 is 7.58. The third-order valence-corrected chi connectivity index (χ3v) is 4.67. The van der Waals surface area contributed by atoms with Crippen molar-refractivity contribution in [3.63, 3.8) is 0 Å². The summed E-state index contributed by atoms with van der Waals surface area (Å²) in [5.41, 5.74) is 2.99. The molecular formula is C19H18BrClN2OS. The molecule has 0 spiro atoms. The number of methoxy groups -OCH3 is 1. The second kappa shape index (κ2) is 9.04. The fourth-order valence-corrected chi connectivity index (χ4v) is 3.46. The summed E-state index contributed by atoms with van der Waals surface area (Å²) in [5, 5.41) is 2.82. The van der Waals surface area contributed by atoms with E-state index in [0.29, 0.717) is 6.54 Å². The van der Waals surface area contributed by atoms with Crippen LogP contribution in [-0.2, 0) is 6.54 Å². The third kappa shape index (κ3) is 4.42. The molecule has 3 rings (SSSR count). The molecule has 130 valence electrons. The highest BCUT2D eigenvalue weighted by Gasteiger charge is 2.08. The van der Waals surface area contributed by atoms with Gasteiger partial charge in [0.2, 0.25) is 0 Å². The average Bonchev–Trinajstić information content (AvgIpc) is 2.99. The number of nitrogens with zero attached hydrogens (tertiary/aromatic N) is 2. The standard InChI is InChI=1S/C19H17ClN2OS.BrH/c1-3-12-22-17(14-8-10-15(20)11-9-14)13-24-19(22)21-16-6-4-5-7-18(16)23-2;/h3-11,13H,1,12H2,2H3;1H. The maximum absolute atomic E-state index is 5.99. The zero-order valence-corrected chi connectivity index (χ0v) is 17.0. The first-order valence-corrected chi connectivity index (χ1v) is 8.71. The lowest BCUT2D eigenvalue weighted by molar-refractivity contribution is 0.416. The van der Waals surface area contributed by atoms with Crippen LogP contribution in [0.2, 0.25) is 5.02 Å². The van der Waals surface area contributed by atoms with E-state index in [1.54, 1.807) is 18.4 Å². The maximum atomic E-state index is 5.99. The topological polar surface area (TPSA) is 26.5 Å². The Bertz CT molecular complexity index is 916. The predicted molar refractivity (Wildman–Crippen MR) is 111 cm³/mol. The van der Waals surface area contributed by atoms with Crippen LogP contribution < -0.4 is 9.54 Å². The Morgan fingerprint density at radius 3 is 2.60 bits per heavy atom. The van der Waals surface area contributed by atoms with Crippen LogP contribution in [0.1, 0.15) is 0 Å². The fraction of sp³-hybridized carbons (Fsp3) is 0.105. The minimum Gasteiger partial charge on any atom is -0.494 e. The zero-order valence-electron chi connectivity index (χ0n) is 13.7. The van der Waals surface area contributed by atoms with Crippen molar-refractivity contribution in [2.24, 2.45) is 4.99 Å². The number of hydrogen-bond acceptors (Lipinski definition) is 3. The number of hydrogen-bond donors (Lipinski definition) is 0. The molecule has 0 unspecified atom stereocenters. The number of allylic oxidation sites excluding steroid dienone is 1. The maximum Gasteiger partial charge on any atom is 0.190 e. The highest BCUT2D eigenvalue weighted by Crippen LogP contribution is 2.27. The van der Waals surface area contributed by atoms with E-state index < -0.39 is 0 Å². The smallest absolute Gasteiger partial charge is 0.190 e. The highest BCUT2D eigenvalue weighted by molar-refractivity contribution is 8.93. The first-order chi connectivity index (χ1) is 11.7. The van der Waals surface area contributed by atoms with Gasteiger partial charge in [0.05, 0.1) is 12.8 Å². The monoisotopic (exact) mass is 436 g/mol.